The van der Waals surface area contributed by atoms with E-state index in [1.165, 1.54) is 0 Å². The fraction of sp³-hybridized carbons (Fsp3) is 0.462. The molecular weight excluding hydrogens is 230 g/mol. The molecule has 5 nitrogen and oxygen atoms in total. The molecule has 0 radical (unpaired) electrons. The Hall–Kier alpha value is -1.75. The molecule has 0 saturated carbocycles. The van der Waals surface area contributed by atoms with E-state index in [0.29, 0.717) is 13.2 Å². The van der Waals surface area contributed by atoms with Gasteiger partial charge in [0.25, 0.3) is 0 Å². The highest BCUT2D eigenvalue weighted by Crippen LogP contribution is 2.28. The van der Waals surface area contributed by atoms with Crippen molar-refractivity contribution in [2.24, 2.45) is 10.9 Å². The fourth-order valence-electron chi connectivity index (χ4n) is 2.36. The molecule has 1 aromatic carbocycles. The molecule has 1 aromatic rings. The summed E-state index contributed by atoms with van der Waals surface area (Å²) in [6.45, 7) is 6.36. The molecule has 3 N–H and O–H groups in total. The number of nitrogens with two attached hydrogens (primary N) is 1. The van der Waals surface area contributed by atoms with Gasteiger partial charge in [0.15, 0.2) is 5.84 Å². The van der Waals surface area contributed by atoms with Gasteiger partial charge in [-0.1, -0.05) is 17.3 Å². The van der Waals surface area contributed by atoms with Gasteiger partial charge in [-0.15, -0.1) is 0 Å². The lowest BCUT2D eigenvalue weighted by molar-refractivity contribution is 0.0989. The van der Waals surface area contributed by atoms with Crippen molar-refractivity contribution in [2.75, 3.05) is 24.7 Å². The monoisotopic (exact) mass is 249 g/mol. The van der Waals surface area contributed by atoms with E-state index in [2.05, 4.69) is 17.0 Å². The molecule has 1 aliphatic heterocycles. The van der Waals surface area contributed by atoms with Crippen LogP contribution in [0.2, 0.25) is 0 Å². The number of rotatable bonds is 2. The Kier molecular flexibility index (Phi) is 3.72. The molecule has 98 valence electrons. The standard InChI is InChI=1S/C13H19N3O2/c1-9-4-3-5-11(13(14)15-17)12(9)16-6-7-18-8-10(16)2/h3-5,10,17H,6-8H2,1-2H3,(H2,14,15). The van der Waals surface area contributed by atoms with Crippen LogP contribution < -0.4 is 10.6 Å². The molecule has 18 heavy (non-hydrogen) atoms. The van der Waals surface area contributed by atoms with Crippen LogP contribution in [-0.2, 0) is 4.74 Å². The molecule has 1 fully saturated rings. The SMILES string of the molecule is Cc1cccc(/C(N)=N/O)c1N1CCOCC1C. The highest BCUT2D eigenvalue weighted by Gasteiger charge is 2.23. The third-order valence-corrected chi connectivity index (χ3v) is 3.28. The number of hydrogen-bond acceptors (Lipinski definition) is 4. The van der Waals surface area contributed by atoms with Crippen LogP contribution in [0.4, 0.5) is 5.69 Å². The maximum absolute atomic E-state index is 8.89. The van der Waals surface area contributed by atoms with Crippen molar-refractivity contribution in [3.05, 3.63) is 29.3 Å². The molecule has 2 rings (SSSR count). The van der Waals surface area contributed by atoms with Crippen molar-refractivity contribution < 1.29 is 9.94 Å². The first-order chi connectivity index (χ1) is 8.65. The van der Waals surface area contributed by atoms with Crippen molar-refractivity contribution >= 4 is 11.5 Å². The van der Waals surface area contributed by atoms with Crippen molar-refractivity contribution in [2.45, 2.75) is 19.9 Å². The second-order valence-electron chi connectivity index (χ2n) is 4.57. The molecule has 1 heterocycles. The molecule has 1 aliphatic rings. The van der Waals surface area contributed by atoms with Crippen LogP contribution in [0, 0.1) is 6.92 Å². The van der Waals surface area contributed by atoms with Gasteiger partial charge in [0, 0.05) is 18.2 Å². The Morgan fingerprint density at radius 1 is 1.56 bits per heavy atom. The topological polar surface area (TPSA) is 71.1 Å². The van der Waals surface area contributed by atoms with Gasteiger partial charge >= 0.3 is 0 Å². The predicted molar refractivity (Wildman–Crippen MR) is 71.3 cm³/mol. The summed E-state index contributed by atoms with van der Waals surface area (Å²) in [6, 6.07) is 6.10. The van der Waals surface area contributed by atoms with Crippen LogP contribution >= 0.6 is 0 Å². The minimum atomic E-state index is 0.146. The molecule has 0 bridgehead atoms. The Bertz CT molecular complexity index is 460. The highest BCUT2D eigenvalue weighted by atomic mass is 16.5. The summed E-state index contributed by atoms with van der Waals surface area (Å²) in [5.74, 6) is 0.146. The molecule has 0 aromatic heterocycles. The van der Waals surface area contributed by atoms with Gasteiger partial charge in [-0.2, -0.15) is 0 Å². The summed E-state index contributed by atoms with van der Waals surface area (Å²) in [5, 5.41) is 12.0. The second kappa shape index (κ2) is 5.27. The number of benzene rings is 1. The van der Waals surface area contributed by atoms with Crippen molar-refractivity contribution in [1.82, 2.24) is 0 Å². The quantitative estimate of drug-likeness (QED) is 0.359. The van der Waals surface area contributed by atoms with E-state index in [9.17, 15) is 0 Å². The molecule has 1 atom stereocenters. The number of aryl methyl sites for hydroxylation is 1. The van der Waals surface area contributed by atoms with Crippen LogP contribution in [0.3, 0.4) is 0 Å². The number of hydrogen-bond donors (Lipinski definition) is 2. The summed E-state index contributed by atoms with van der Waals surface area (Å²) in [7, 11) is 0. The van der Waals surface area contributed by atoms with E-state index in [0.717, 1.165) is 23.4 Å². The minimum absolute atomic E-state index is 0.146. The van der Waals surface area contributed by atoms with E-state index >= 15 is 0 Å². The Balaban J connectivity index is 2.47. The molecule has 1 saturated heterocycles. The lowest BCUT2D eigenvalue weighted by Crippen LogP contribution is -2.45. The van der Waals surface area contributed by atoms with E-state index in [4.69, 9.17) is 15.7 Å². The van der Waals surface area contributed by atoms with Crippen LogP contribution in [0.15, 0.2) is 23.4 Å². The summed E-state index contributed by atoms with van der Waals surface area (Å²) in [4.78, 5) is 2.26. The number of anilines is 1. The van der Waals surface area contributed by atoms with E-state index in [1.54, 1.807) is 0 Å². The second-order valence-corrected chi connectivity index (χ2v) is 4.57. The Labute approximate surface area is 107 Å². The number of ether oxygens (including phenoxy) is 1. The third-order valence-electron chi connectivity index (χ3n) is 3.28. The van der Waals surface area contributed by atoms with Gasteiger partial charge < -0.3 is 20.6 Å². The number of para-hydroxylation sites is 1. The average Bonchev–Trinajstić information content (AvgIpc) is 2.39. The molecule has 5 heteroatoms. The number of nitrogens with zero attached hydrogens (tertiary/aromatic N) is 2. The molecule has 1 unspecified atom stereocenters. The zero-order valence-electron chi connectivity index (χ0n) is 10.8. The molecule has 0 amide bonds. The summed E-state index contributed by atoms with van der Waals surface area (Å²) < 4.78 is 5.45. The zero-order valence-corrected chi connectivity index (χ0v) is 10.8. The summed E-state index contributed by atoms with van der Waals surface area (Å²) >= 11 is 0. The van der Waals surface area contributed by atoms with Gasteiger partial charge in [0.1, 0.15) is 0 Å². The zero-order chi connectivity index (χ0) is 13.1. The number of amidine groups is 1. The lowest BCUT2D eigenvalue weighted by atomic mass is 10.0. The largest absolute Gasteiger partial charge is 0.409 e. The smallest absolute Gasteiger partial charge is 0.172 e. The van der Waals surface area contributed by atoms with Crippen molar-refractivity contribution in [1.29, 1.82) is 0 Å². The van der Waals surface area contributed by atoms with Gasteiger partial charge in [0.2, 0.25) is 0 Å². The van der Waals surface area contributed by atoms with Gasteiger partial charge in [0.05, 0.1) is 18.9 Å². The van der Waals surface area contributed by atoms with Gasteiger partial charge in [-0.25, -0.2) is 0 Å². The van der Waals surface area contributed by atoms with Crippen molar-refractivity contribution in [3.63, 3.8) is 0 Å². The Morgan fingerprint density at radius 3 is 3.00 bits per heavy atom. The average molecular weight is 249 g/mol. The van der Waals surface area contributed by atoms with E-state index < -0.39 is 0 Å². The van der Waals surface area contributed by atoms with Crippen LogP contribution in [0.5, 0.6) is 0 Å². The maximum Gasteiger partial charge on any atom is 0.172 e. The Morgan fingerprint density at radius 2 is 2.33 bits per heavy atom. The van der Waals surface area contributed by atoms with E-state index in [-0.39, 0.29) is 11.9 Å². The van der Waals surface area contributed by atoms with Crippen LogP contribution in [-0.4, -0.2) is 36.8 Å². The maximum atomic E-state index is 8.89. The summed E-state index contributed by atoms with van der Waals surface area (Å²) in [6.07, 6.45) is 0. The van der Waals surface area contributed by atoms with Crippen LogP contribution in [0.1, 0.15) is 18.1 Å². The number of oxime groups is 1. The predicted octanol–water partition coefficient (Wildman–Crippen LogP) is 1.31. The fourth-order valence-corrected chi connectivity index (χ4v) is 2.36. The highest BCUT2D eigenvalue weighted by molar-refractivity contribution is 6.02. The molecule has 0 aliphatic carbocycles. The first kappa shape index (κ1) is 12.7. The summed E-state index contributed by atoms with van der Waals surface area (Å²) in [5.41, 5.74) is 8.68. The first-order valence-corrected chi connectivity index (χ1v) is 6.07. The van der Waals surface area contributed by atoms with Gasteiger partial charge in [-0.3, -0.25) is 0 Å². The first-order valence-electron chi connectivity index (χ1n) is 6.07. The van der Waals surface area contributed by atoms with Crippen molar-refractivity contribution in [3.8, 4) is 0 Å². The minimum Gasteiger partial charge on any atom is -0.409 e. The molecular formula is C13H19N3O2. The normalized spacial score (nSPS) is 21.1. The molecule has 0 spiro atoms. The van der Waals surface area contributed by atoms with E-state index in [1.807, 2.05) is 25.1 Å². The third kappa shape index (κ3) is 2.26. The van der Waals surface area contributed by atoms with Gasteiger partial charge in [-0.05, 0) is 25.5 Å². The number of morpholine rings is 1. The van der Waals surface area contributed by atoms with Crippen LogP contribution in [0.25, 0.3) is 0 Å². The lowest BCUT2D eigenvalue weighted by Gasteiger charge is -2.37.